The summed E-state index contributed by atoms with van der Waals surface area (Å²) in [5.41, 5.74) is 0.0736. The van der Waals surface area contributed by atoms with Gasteiger partial charge in [-0.1, -0.05) is 11.8 Å². The smallest absolute Gasteiger partial charge is 0.353 e. The van der Waals surface area contributed by atoms with E-state index in [4.69, 9.17) is 4.43 Å². The standard InChI is InChI=1S/C16H23N5O4SSi/c1-9(25-27(3,4)5)13-11-8-12(14(16(23)24)21(11)15(13)22)26-7-6-20-10(2)17-18-19-20/h6-7,9,11,13H,8H2,1-5H3,(H,23,24)/t9-,11+,13-/m0/s1. The van der Waals surface area contributed by atoms with Gasteiger partial charge < -0.3 is 14.4 Å². The van der Waals surface area contributed by atoms with E-state index >= 15 is 0 Å². The van der Waals surface area contributed by atoms with E-state index in [2.05, 4.69) is 35.2 Å². The van der Waals surface area contributed by atoms with E-state index in [0.717, 1.165) is 0 Å². The molecule has 2 aliphatic rings. The zero-order valence-electron chi connectivity index (χ0n) is 15.9. The van der Waals surface area contributed by atoms with Gasteiger partial charge in [0, 0.05) is 17.5 Å². The highest BCUT2D eigenvalue weighted by Crippen LogP contribution is 2.48. The molecule has 1 aromatic heterocycles. The summed E-state index contributed by atoms with van der Waals surface area (Å²) in [4.78, 5) is 26.5. The molecule has 0 radical (unpaired) electrons. The number of carboxylic acids is 1. The van der Waals surface area contributed by atoms with Crippen LogP contribution in [0.4, 0.5) is 0 Å². The largest absolute Gasteiger partial charge is 0.477 e. The van der Waals surface area contributed by atoms with Crippen LogP contribution < -0.4 is 0 Å². The van der Waals surface area contributed by atoms with Crippen molar-refractivity contribution in [2.45, 2.75) is 52.1 Å². The second-order valence-electron chi connectivity index (χ2n) is 7.59. The van der Waals surface area contributed by atoms with E-state index < -0.39 is 14.3 Å². The molecule has 3 rings (SSSR count). The van der Waals surface area contributed by atoms with Crippen molar-refractivity contribution in [3.05, 3.63) is 21.8 Å². The lowest BCUT2D eigenvalue weighted by molar-refractivity contribution is -0.160. The summed E-state index contributed by atoms with van der Waals surface area (Å²) < 4.78 is 7.57. The summed E-state index contributed by atoms with van der Waals surface area (Å²) in [6.07, 6.45) is 1.96. The van der Waals surface area contributed by atoms with Gasteiger partial charge in [0.05, 0.1) is 18.1 Å². The normalized spacial score (nSPS) is 23.7. The number of carbonyl (C=O) groups excluding carboxylic acids is 1. The first-order chi connectivity index (χ1) is 12.6. The molecule has 11 heteroatoms. The van der Waals surface area contributed by atoms with Gasteiger partial charge in [-0.25, -0.2) is 9.48 Å². The molecule has 1 N–H and O–H groups in total. The van der Waals surface area contributed by atoms with Crippen LogP contribution in [0.5, 0.6) is 0 Å². The molecule has 0 unspecified atom stereocenters. The Hall–Kier alpha value is -1.98. The number of amides is 1. The van der Waals surface area contributed by atoms with Gasteiger partial charge in [-0.05, 0) is 49.3 Å². The molecule has 0 aliphatic carbocycles. The van der Waals surface area contributed by atoms with Crippen molar-refractivity contribution in [1.82, 2.24) is 25.1 Å². The number of rotatable bonds is 7. The summed E-state index contributed by atoms with van der Waals surface area (Å²) >= 11 is 1.28. The topological polar surface area (TPSA) is 110 Å². The Bertz CT molecular complexity index is 831. The summed E-state index contributed by atoms with van der Waals surface area (Å²) in [5.74, 6) is -0.923. The molecule has 27 heavy (non-hydrogen) atoms. The van der Waals surface area contributed by atoms with Gasteiger partial charge in [0.15, 0.2) is 14.1 Å². The molecule has 3 atom stereocenters. The molecule has 1 amide bonds. The number of aryl methyl sites for hydroxylation is 1. The highest BCUT2D eigenvalue weighted by Gasteiger charge is 2.57. The number of aromatic nitrogens is 4. The van der Waals surface area contributed by atoms with Crippen LogP contribution in [0, 0.1) is 12.8 Å². The average molecular weight is 410 g/mol. The number of thioether (sulfide) groups is 1. The highest BCUT2D eigenvalue weighted by atomic mass is 32.2. The maximum absolute atomic E-state index is 12.6. The number of aliphatic carboxylic acids is 1. The van der Waals surface area contributed by atoms with Gasteiger partial charge in [0.25, 0.3) is 0 Å². The molecule has 9 nitrogen and oxygen atoms in total. The zero-order valence-corrected chi connectivity index (χ0v) is 17.7. The number of β-lactam (4-membered cyclic amide) rings is 1. The number of carbonyl (C=O) groups is 2. The summed E-state index contributed by atoms with van der Waals surface area (Å²) in [6, 6.07) is -0.152. The third-order valence-corrected chi connectivity index (χ3v) is 6.47. The molecule has 1 fully saturated rings. The van der Waals surface area contributed by atoms with E-state index in [-0.39, 0.29) is 29.7 Å². The summed E-state index contributed by atoms with van der Waals surface area (Å²) in [5, 5.41) is 22.5. The van der Waals surface area contributed by atoms with Crippen molar-refractivity contribution >= 4 is 38.2 Å². The van der Waals surface area contributed by atoms with Crippen LogP contribution in [0.3, 0.4) is 0 Å². The van der Waals surface area contributed by atoms with E-state index in [1.165, 1.54) is 21.3 Å². The van der Waals surface area contributed by atoms with E-state index in [0.29, 0.717) is 17.2 Å². The van der Waals surface area contributed by atoms with Crippen LogP contribution in [0.1, 0.15) is 19.2 Å². The van der Waals surface area contributed by atoms with Crippen molar-refractivity contribution < 1.29 is 19.1 Å². The molecule has 0 bridgehead atoms. The van der Waals surface area contributed by atoms with Crippen LogP contribution >= 0.6 is 11.8 Å². The Labute approximate surface area is 162 Å². The summed E-state index contributed by atoms with van der Waals surface area (Å²) in [6.45, 7) is 9.90. The third-order valence-electron chi connectivity index (χ3n) is 4.49. The second kappa shape index (κ2) is 7.21. The lowest BCUT2D eigenvalue weighted by atomic mass is 9.83. The van der Waals surface area contributed by atoms with Gasteiger partial charge in [-0.3, -0.25) is 4.79 Å². The number of carboxylic acid groups (broad SMARTS) is 1. The third kappa shape index (κ3) is 3.85. The SMILES string of the molecule is Cc1nnnn1C=CSC1=C(C(=O)O)N2C(=O)[C@@H]([C@H](C)O[Si](C)(C)C)[C@H]2C1. The first-order valence-electron chi connectivity index (χ1n) is 8.65. The lowest BCUT2D eigenvalue weighted by Gasteiger charge is -2.46. The van der Waals surface area contributed by atoms with Gasteiger partial charge in [-0.2, -0.15) is 0 Å². The Kier molecular flexibility index (Phi) is 5.28. The highest BCUT2D eigenvalue weighted by molar-refractivity contribution is 8.06. The number of nitrogens with zero attached hydrogens (tertiary/aromatic N) is 5. The van der Waals surface area contributed by atoms with Gasteiger partial charge in [0.1, 0.15) is 5.70 Å². The fourth-order valence-electron chi connectivity index (χ4n) is 3.50. The quantitative estimate of drug-likeness (QED) is 0.537. The first kappa shape index (κ1) is 19.8. The van der Waals surface area contributed by atoms with E-state index in [1.807, 2.05) is 6.92 Å². The van der Waals surface area contributed by atoms with Crippen molar-refractivity contribution in [2.24, 2.45) is 5.92 Å². The number of hydrogen-bond acceptors (Lipinski definition) is 7. The fraction of sp³-hybridized carbons (Fsp3) is 0.562. The Morgan fingerprint density at radius 1 is 1.44 bits per heavy atom. The van der Waals surface area contributed by atoms with Crippen LogP contribution in [-0.4, -0.2) is 62.6 Å². The maximum atomic E-state index is 12.6. The molecule has 146 valence electrons. The molecule has 2 aliphatic heterocycles. The molecule has 0 spiro atoms. The maximum Gasteiger partial charge on any atom is 0.353 e. The minimum absolute atomic E-state index is 0.0736. The predicted octanol–water partition coefficient (Wildman–Crippen LogP) is 1.91. The van der Waals surface area contributed by atoms with Crippen LogP contribution in [0.2, 0.25) is 19.6 Å². The Balaban J connectivity index is 1.74. The Morgan fingerprint density at radius 2 is 2.15 bits per heavy atom. The molecule has 1 saturated heterocycles. The number of hydrogen-bond donors (Lipinski definition) is 1. The average Bonchev–Trinajstić information content (AvgIpc) is 3.07. The van der Waals surface area contributed by atoms with Crippen LogP contribution in [-0.2, 0) is 14.0 Å². The fourth-order valence-corrected chi connectivity index (χ4v) is 5.67. The van der Waals surface area contributed by atoms with Crippen LogP contribution in [0.25, 0.3) is 6.20 Å². The van der Waals surface area contributed by atoms with Crippen molar-refractivity contribution in [3.8, 4) is 0 Å². The first-order valence-corrected chi connectivity index (χ1v) is 12.9. The minimum atomic E-state index is -1.79. The predicted molar refractivity (Wildman–Crippen MR) is 103 cm³/mol. The second-order valence-corrected chi connectivity index (χ2v) is 13.1. The zero-order chi connectivity index (χ0) is 19.9. The number of fused-ring (bicyclic) bond motifs is 1. The number of tetrazole rings is 1. The Morgan fingerprint density at radius 3 is 2.70 bits per heavy atom. The van der Waals surface area contributed by atoms with Gasteiger partial charge >= 0.3 is 5.97 Å². The molecule has 0 saturated carbocycles. The van der Waals surface area contributed by atoms with Crippen molar-refractivity contribution in [1.29, 1.82) is 0 Å². The van der Waals surface area contributed by atoms with Crippen molar-refractivity contribution in [2.75, 3.05) is 0 Å². The lowest BCUT2D eigenvalue weighted by Crippen LogP contribution is -2.63. The van der Waals surface area contributed by atoms with Gasteiger partial charge in [0.2, 0.25) is 5.91 Å². The molecular weight excluding hydrogens is 386 g/mol. The van der Waals surface area contributed by atoms with E-state index in [9.17, 15) is 14.7 Å². The van der Waals surface area contributed by atoms with Gasteiger partial charge in [-0.15, -0.1) is 5.10 Å². The molecule has 3 heterocycles. The monoisotopic (exact) mass is 409 g/mol. The van der Waals surface area contributed by atoms with Crippen molar-refractivity contribution in [3.63, 3.8) is 0 Å². The molecular formula is C16H23N5O4SSi. The van der Waals surface area contributed by atoms with Crippen LogP contribution in [0.15, 0.2) is 16.0 Å². The molecule has 0 aromatic carbocycles. The summed E-state index contributed by atoms with van der Waals surface area (Å²) in [7, 11) is -1.79. The molecule has 1 aromatic rings. The minimum Gasteiger partial charge on any atom is -0.477 e. The van der Waals surface area contributed by atoms with E-state index in [1.54, 1.807) is 18.5 Å².